The van der Waals surface area contributed by atoms with E-state index in [9.17, 15) is 5.11 Å². The van der Waals surface area contributed by atoms with E-state index in [-0.39, 0.29) is 0 Å². The van der Waals surface area contributed by atoms with Gasteiger partial charge in [-0.2, -0.15) is 0 Å². The van der Waals surface area contributed by atoms with E-state index in [1.165, 1.54) is 29.8 Å². The molecule has 3 heteroatoms. The summed E-state index contributed by atoms with van der Waals surface area (Å²) in [7, 11) is 0. The Morgan fingerprint density at radius 2 is 1.93 bits per heavy atom. The Morgan fingerprint density at radius 3 is 2.40 bits per heavy atom. The molecular formula is C12H22O2S. The third-order valence-corrected chi connectivity index (χ3v) is 4.16. The van der Waals surface area contributed by atoms with Crippen molar-refractivity contribution < 1.29 is 9.29 Å². The van der Waals surface area contributed by atoms with Crippen LogP contribution < -0.4 is 0 Å². The van der Waals surface area contributed by atoms with Gasteiger partial charge in [0.25, 0.3) is 0 Å². The first-order chi connectivity index (χ1) is 6.83. The quantitative estimate of drug-likeness (QED) is 0.747. The predicted octanol–water partition coefficient (Wildman–Crippen LogP) is 3.66. The fourth-order valence-corrected chi connectivity index (χ4v) is 2.08. The maximum Gasteiger partial charge on any atom is 0.106 e. The second-order valence-electron chi connectivity index (χ2n) is 5.15. The Bertz CT molecular complexity index is 238. The van der Waals surface area contributed by atoms with E-state index in [1.54, 1.807) is 13.8 Å². The molecule has 0 aromatic rings. The fraction of sp³-hybridized carbons (Fsp3) is 0.833. The first-order valence-electron chi connectivity index (χ1n) is 5.60. The van der Waals surface area contributed by atoms with Crippen molar-refractivity contribution in [2.75, 3.05) is 0 Å². The summed E-state index contributed by atoms with van der Waals surface area (Å²) in [5.41, 5.74) is -1.36. The third-order valence-electron chi connectivity index (χ3n) is 3.08. The Hall–Kier alpha value is 0.01000. The Kier molecular flexibility index (Phi) is 4.27. The van der Waals surface area contributed by atoms with E-state index in [4.69, 9.17) is 4.18 Å². The SMILES string of the molecule is CC(C)(O)C(C)(C)OSC1=CCCCC1. The molecule has 0 radical (unpaired) electrons. The number of allylic oxidation sites excluding steroid dienone is 2. The standard InChI is InChI=1S/C12H22O2S/c1-11(2,13)12(3,4)14-15-10-8-6-5-7-9-10/h8,13H,5-7,9H2,1-4H3. The molecule has 0 unspecified atom stereocenters. The van der Waals surface area contributed by atoms with E-state index in [1.807, 2.05) is 13.8 Å². The normalized spacial score (nSPS) is 18.9. The third kappa shape index (κ3) is 3.82. The Morgan fingerprint density at radius 1 is 1.27 bits per heavy atom. The summed E-state index contributed by atoms with van der Waals surface area (Å²) in [6.45, 7) is 7.40. The highest BCUT2D eigenvalue weighted by Crippen LogP contribution is 2.35. The predicted molar refractivity (Wildman–Crippen MR) is 65.6 cm³/mol. The zero-order valence-corrected chi connectivity index (χ0v) is 11.0. The second-order valence-corrected chi connectivity index (χ2v) is 6.01. The van der Waals surface area contributed by atoms with Gasteiger partial charge in [0.05, 0.1) is 5.60 Å². The summed E-state index contributed by atoms with van der Waals surface area (Å²) in [6, 6.07) is 0. The van der Waals surface area contributed by atoms with Gasteiger partial charge >= 0.3 is 0 Å². The molecule has 88 valence electrons. The average Bonchev–Trinajstić information content (AvgIpc) is 2.15. The van der Waals surface area contributed by atoms with E-state index in [0.29, 0.717) is 0 Å². The first kappa shape index (κ1) is 13.1. The molecule has 0 aromatic carbocycles. The summed E-state index contributed by atoms with van der Waals surface area (Å²) in [5.74, 6) is 0. The van der Waals surface area contributed by atoms with Gasteiger partial charge in [-0.25, -0.2) is 0 Å². The molecule has 0 atom stereocenters. The van der Waals surface area contributed by atoms with Gasteiger partial charge in [0, 0.05) is 16.9 Å². The molecule has 1 aliphatic carbocycles. The van der Waals surface area contributed by atoms with Crippen molar-refractivity contribution in [1.29, 1.82) is 0 Å². The molecule has 0 aliphatic heterocycles. The number of rotatable bonds is 4. The van der Waals surface area contributed by atoms with E-state index in [0.717, 1.165) is 12.8 Å². The highest BCUT2D eigenvalue weighted by Gasteiger charge is 2.37. The number of aliphatic hydroxyl groups is 1. The zero-order chi connectivity index (χ0) is 11.5. The van der Waals surface area contributed by atoms with Gasteiger partial charge in [0.2, 0.25) is 0 Å². The molecule has 0 amide bonds. The first-order valence-corrected chi connectivity index (χ1v) is 6.34. The number of hydrogen-bond acceptors (Lipinski definition) is 3. The Labute approximate surface area is 97.3 Å². The summed E-state index contributed by atoms with van der Waals surface area (Å²) >= 11 is 1.43. The molecule has 2 nitrogen and oxygen atoms in total. The van der Waals surface area contributed by atoms with Crippen LogP contribution in [0.1, 0.15) is 53.4 Å². The molecule has 0 fully saturated rings. The van der Waals surface area contributed by atoms with Crippen molar-refractivity contribution in [3.63, 3.8) is 0 Å². The minimum Gasteiger partial charge on any atom is -0.387 e. The molecule has 0 spiro atoms. The number of hydrogen-bond donors (Lipinski definition) is 1. The van der Waals surface area contributed by atoms with Gasteiger partial charge in [-0.3, -0.25) is 0 Å². The maximum atomic E-state index is 9.92. The highest BCUT2D eigenvalue weighted by atomic mass is 32.2. The van der Waals surface area contributed by atoms with Crippen LogP contribution in [0.4, 0.5) is 0 Å². The zero-order valence-electron chi connectivity index (χ0n) is 10.2. The van der Waals surface area contributed by atoms with Crippen molar-refractivity contribution in [1.82, 2.24) is 0 Å². The van der Waals surface area contributed by atoms with Crippen molar-refractivity contribution in [2.45, 2.75) is 64.6 Å². The largest absolute Gasteiger partial charge is 0.387 e. The maximum absolute atomic E-state index is 9.92. The topological polar surface area (TPSA) is 29.5 Å². The molecule has 15 heavy (non-hydrogen) atoms. The summed E-state index contributed by atoms with van der Waals surface area (Å²) in [6.07, 6.45) is 7.07. The highest BCUT2D eigenvalue weighted by molar-refractivity contribution is 7.98. The minimum atomic E-state index is -0.824. The van der Waals surface area contributed by atoms with Crippen molar-refractivity contribution in [3.05, 3.63) is 11.0 Å². The lowest BCUT2D eigenvalue weighted by Gasteiger charge is -2.36. The smallest absolute Gasteiger partial charge is 0.106 e. The lowest BCUT2D eigenvalue weighted by Crippen LogP contribution is -2.45. The van der Waals surface area contributed by atoms with Crippen LogP contribution >= 0.6 is 12.0 Å². The molecular weight excluding hydrogens is 208 g/mol. The van der Waals surface area contributed by atoms with Gasteiger partial charge in [-0.05, 0) is 53.4 Å². The molecule has 0 heterocycles. The minimum absolute atomic E-state index is 0.532. The molecule has 0 saturated carbocycles. The van der Waals surface area contributed by atoms with Crippen LogP contribution in [-0.2, 0) is 4.18 Å². The van der Waals surface area contributed by atoms with Crippen LogP contribution in [0, 0.1) is 0 Å². The van der Waals surface area contributed by atoms with Crippen LogP contribution in [0.3, 0.4) is 0 Å². The van der Waals surface area contributed by atoms with Crippen LogP contribution in [0.25, 0.3) is 0 Å². The molecule has 0 aromatic heterocycles. The fourth-order valence-electron chi connectivity index (χ4n) is 1.14. The van der Waals surface area contributed by atoms with Crippen LogP contribution in [-0.4, -0.2) is 16.3 Å². The lowest BCUT2D eigenvalue weighted by molar-refractivity contribution is -0.0810. The summed E-state index contributed by atoms with van der Waals surface area (Å²) in [5, 5.41) is 9.92. The summed E-state index contributed by atoms with van der Waals surface area (Å²) < 4.78 is 5.73. The van der Waals surface area contributed by atoms with Crippen LogP contribution in [0.15, 0.2) is 11.0 Å². The van der Waals surface area contributed by atoms with Crippen LogP contribution in [0.2, 0.25) is 0 Å². The molecule has 1 N–H and O–H groups in total. The molecule has 0 bridgehead atoms. The Balaban J connectivity index is 2.45. The average molecular weight is 230 g/mol. The van der Waals surface area contributed by atoms with E-state index in [2.05, 4.69) is 6.08 Å². The van der Waals surface area contributed by atoms with Crippen molar-refractivity contribution in [2.24, 2.45) is 0 Å². The lowest BCUT2D eigenvalue weighted by atomic mass is 9.90. The van der Waals surface area contributed by atoms with E-state index >= 15 is 0 Å². The van der Waals surface area contributed by atoms with Gasteiger partial charge < -0.3 is 9.29 Å². The van der Waals surface area contributed by atoms with Gasteiger partial charge in [0.1, 0.15) is 5.60 Å². The second kappa shape index (κ2) is 4.89. The molecule has 1 rings (SSSR count). The van der Waals surface area contributed by atoms with Crippen molar-refractivity contribution >= 4 is 12.0 Å². The van der Waals surface area contributed by atoms with Crippen molar-refractivity contribution in [3.8, 4) is 0 Å². The van der Waals surface area contributed by atoms with Gasteiger partial charge in [0.15, 0.2) is 0 Å². The van der Waals surface area contributed by atoms with Crippen LogP contribution in [0.5, 0.6) is 0 Å². The molecule has 0 saturated heterocycles. The van der Waals surface area contributed by atoms with Gasteiger partial charge in [-0.15, -0.1) is 0 Å². The summed E-state index contributed by atoms with van der Waals surface area (Å²) in [4.78, 5) is 1.30. The van der Waals surface area contributed by atoms with E-state index < -0.39 is 11.2 Å². The van der Waals surface area contributed by atoms with Gasteiger partial charge in [-0.1, -0.05) is 6.08 Å². The molecule has 1 aliphatic rings. The monoisotopic (exact) mass is 230 g/mol.